The average Bonchev–Trinajstić information content (AvgIpc) is 3.84. The minimum absolute atomic E-state index is 0.0120. The number of carboxylic acids is 1. The molecule has 0 aromatic carbocycles. The van der Waals surface area contributed by atoms with Gasteiger partial charge in [-0.1, -0.05) is 5.16 Å². The number of H-pyrrole nitrogens is 1. The van der Waals surface area contributed by atoms with Crippen molar-refractivity contribution in [1.29, 1.82) is 0 Å². The molecule has 4 saturated heterocycles. The molecule has 5 aliphatic rings. The summed E-state index contributed by atoms with van der Waals surface area (Å²) in [6, 6.07) is -0.380. The number of rotatable bonds is 12. The Morgan fingerprint density at radius 3 is 2.58 bits per heavy atom. The topological polar surface area (TPSA) is 316 Å². The predicted octanol–water partition coefficient (Wildman–Crippen LogP) is -1.82. The van der Waals surface area contributed by atoms with E-state index in [4.69, 9.17) is 10.6 Å². The number of nitrogens with two attached hydrogens (primary N) is 1. The summed E-state index contributed by atoms with van der Waals surface area (Å²) in [4.78, 5) is 74.3. The summed E-state index contributed by atoms with van der Waals surface area (Å²) in [6.07, 6.45) is 2.99. The van der Waals surface area contributed by atoms with Crippen molar-refractivity contribution in [3.63, 3.8) is 0 Å². The second kappa shape index (κ2) is 13.9. The lowest BCUT2D eigenvalue weighted by atomic mass is 9.70. The first kappa shape index (κ1) is 37.7. The number of thiazole rings is 1. The van der Waals surface area contributed by atoms with Crippen LogP contribution in [-0.4, -0.2) is 145 Å². The second-order valence-corrected chi connectivity index (χ2v) is 17.0. The lowest BCUT2D eigenvalue weighted by Gasteiger charge is -2.56. The Kier molecular flexibility index (Phi) is 9.55. The number of quaternary nitrogens is 1. The van der Waals surface area contributed by atoms with Gasteiger partial charge < -0.3 is 45.7 Å². The highest BCUT2D eigenvalue weighted by atomic mass is 32.2. The Balaban J connectivity index is 1.07. The Bertz CT molecular complexity index is 2160. The Hall–Kier alpha value is -5.59. The molecule has 0 spiro atoms. The molecule has 1 unspecified atom stereocenters. The van der Waals surface area contributed by atoms with E-state index in [1.807, 2.05) is 0 Å². The number of fused-ring (bicyclic) bond motifs is 4. The fourth-order valence-electron chi connectivity index (χ4n) is 7.35. The van der Waals surface area contributed by atoms with Gasteiger partial charge in [-0.05, 0) is 35.5 Å². The van der Waals surface area contributed by atoms with Crippen LogP contribution in [0, 0.1) is 5.41 Å². The van der Waals surface area contributed by atoms with E-state index in [0.29, 0.717) is 33.6 Å². The summed E-state index contributed by atoms with van der Waals surface area (Å²) in [5, 5.41) is 52.9. The summed E-state index contributed by atoms with van der Waals surface area (Å²) in [6.45, 7) is 5.39. The second-order valence-electron chi connectivity index (χ2n) is 14.6. The van der Waals surface area contributed by atoms with Crippen molar-refractivity contribution < 1.29 is 48.5 Å². The van der Waals surface area contributed by atoms with Gasteiger partial charge in [0.15, 0.2) is 28.5 Å². The normalized spacial score (nSPS) is 26.3. The number of oxime groups is 1. The molecule has 22 nitrogen and oxygen atoms in total. The molecule has 3 aromatic heterocycles. The zero-order valence-electron chi connectivity index (χ0n) is 29.4. The standard InChI is InChI=1S/C31H36N12O10S2/c1-30(2,28(49)50)53-38-20(16-12-54-29(32)34-16)25(47)35-21-26(48)42-22(23-36-39-40-37-23)15(13-55(52)27(21)42)11-43-6-3-31(4-7-43,5-8-43)14-33-24(46)17-9-18(44)19(45)10-41(17)51/h9-10,12,21,27,51H,3-8,11,13-14H2,1-2H3,(H6-,32,33,34,35,36,37,39,40,45,46,47,49,50)/p+1/b38-20-/t21-,27-,31?,43?,55?/m1/s1. The van der Waals surface area contributed by atoms with Crippen LogP contribution in [0.4, 0.5) is 5.13 Å². The number of aromatic amines is 1. The first-order valence-electron chi connectivity index (χ1n) is 17.0. The van der Waals surface area contributed by atoms with Gasteiger partial charge >= 0.3 is 5.97 Å². The van der Waals surface area contributed by atoms with Gasteiger partial charge in [0, 0.05) is 42.7 Å². The quantitative estimate of drug-likeness (QED) is 0.0265. The SMILES string of the molecule is CC(C)(O/N=C(\C(=O)N[C@@H]1C(=O)N2C(c3nnn[nH]3)=C(C[N+]34CCC(CNC(=O)c5cc(=O)c(O)cn5O)(CC3)CC4)C[S+]([O-])[C@H]12)c1csc(N)n1)C(=O)O. The molecule has 2 bridgehead atoms. The number of aromatic nitrogens is 6. The van der Waals surface area contributed by atoms with Crippen LogP contribution in [0.15, 0.2) is 33.2 Å². The molecule has 8 N–H and O–H groups in total. The van der Waals surface area contributed by atoms with Gasteiger partial charge in [0.2, 0.25) is 16.4 Å². The van der Waals surface area contributed by atoms with Gasteiger partial charge in [-0.2, -0.15) is 4.73 Å². The third-order valence-electron chi connectivity index (χ3n) is 10.7. The number of carboxylic acid groups (broad SMARTS) is 1. The van der Waals surface area contributed by atoms with Crippen molar-refractivity contribution in [2.45, 2.75) is 50.1 Å². The first-order chi connectivity index (χ1) is 26.0. The number of β-lactam (4-membered cyclic amide) rings is 1. The molecule has 3 amide bonds. The lowest BCUT2D eigenvalue weighted by Crippen LogP contribution is -2.74. The van der Waals surface area contributed by atoms with Crippen LogP contribution in [0.1, 0.15) is 55.1 Å². The van der Waals surface area contributed by atoms with E-state index in [-0.39, 0.29) is 33.5 Å². The average molecular weight is 802 g/mol. The number of hydrogen-bond acceptors (Lipinski definition) is 16. The summed E-state index contributed by atoms with van der Waals surface area (Å²) >= 11 is -0.681. The molecule has 0 saturated carbocycles. The van der Waals surface area contributed by atoms with E-state index in [9.17, 15) is 43.9 Å². The fraction of sp³-hybridized carbons (Fsp3) is 0.484. The van der Waals surface area contributed by atoms with Gasteiger partial charge in [-0.15, -0.1) is 16.4 Å². The zero-order chi connectivity index (χ0) is 39.4. The summed E-state index contributed by atoms with van der Waals surface area (Å²) in [7, 11) is 0. The molecule has 0 aliphatic carbocycles. The number of piperidine rings is 3. The molecule has 8 heterocycles. The number of anilines is 1. The number of aromatic hydroxyl groups is 1. The van der Waals surface area contributed by atoms with E-state index in [1.54, 1.807) is 0 Å². The zero-order valence-corrected chi connectivity index (χ0v) is 31.1. The van der Waals surface area contributed by atoms with Gasteiger partial charge in [-0.25, -0.2) is 14.9 Å². The molecule has 292 valence electrons. The molecule has 3 atom stereocenters. The third kappa shape index (κ3) is 6.96. The molecule has 5 aliphatic heterocycles. The highest BCUT2D eigenvalue weighted by Crippen LogP contribution is 2.46. The third-order valence-corrected chi connectivity index (χ3v) is 13.0. The van der Waals surface area contributed by atoms with E-state index in [0.717, 1.165) is 62.5 Å². The van der Waals surface area contributed by atoms with Crippen LogP contribution >= 0.6 is 11.3 Å². The van der Waals surface area contributed by atoms with E-state index in [1.165, 1.54) is 24.1 Å². The minimum atomic E-state index is -1.81. The monoisotopic (exact) mass is 801 g/mol. The van der Waals surface area contributed by atoms with Gasteiger partial charge in [0.25, 0.3) is 17.7 Å². The summed E-state index contributed by atoms with van der Waals surface area (Å²) in [5.41, 5.74) is 3.28. The Labute approximate surface area is 317 Å². The van der Waals surface area contributed by atoms with Crippen LogP contribution < -0.4 is 21.8 Å². The Morgan fingerprint density at radius 2 is 1.96 bits per heavy atom. The number of nitrogen functional groups attached to an aromatic ring is 1. The number of nitrogens with zero attached hydrogens (tertiary/aromatic N) is 8. The fourth-order valence-corrected chi connectivity index (χ4v) is 9.57. The smallest absolute Gasteiger partial charge is 0.350 e. The first-order valence-corrected chi connectivity index (χ1v) is 19.2. The Morgan fingerprint density at radius 1 is 1.25 bits per heavy atom. The van der Waals surface area contributed by atoms with Crippen LogP contribution in [0.2, 0.25) is 0 Å². The van der Waals surface area contributed by atoms with Crippen molar-refractivity contribution in [2.75, 3.05) is 44.2 Å². The molecular weight excluding hydrogens is 765 g/mol. The van der Waals surface area contributed by atoms with Crippen molar-refractivity contribution in [2.24, 2.45) is 10.6 Å². The highest BCUT2D eigenvalue weighted by molar-refractivity contribution is 7.92. The van der Waals surface area contributed by atoms with Crippen LogP contribution in [0.25, 0.3) is 5.70 Å². The number of pyridine rings is 1. The number of carbonyl (C=O) groups excluding carboxylic acids is 3. The maximum Gasteiger partial charge on any atom is 0.350 e. The molecule has 55 heavy (non-hydrogen) atoms. The number of tetrazole rings is 1. The van der Waals surface area contributed by atoms with Crippen LogP contribution in [0.3, 0.4) is 0 Å². The van der Waals surface area contributed by atoms with Crippen molar-refractivity contribution >= 4 is 62.7 Å². The number of carbonyl (C=O) groups is 4. The van der Waals surface area contributed by atoms with Crippen molar-refractivity contribution in [3.05, 3.63) is 50.7 Å². The maximum absolute atomic E-state index is 13.9. The molecule has 24 heteroatoms. The van der Waals surface area contributed by atoms with Crippen LogP contribution in [0.5, 0.6) is 5.75 Å². The summed E-state index contributed by atoms with van der Waals surface area (Å²) < 4.78 is 15.0. The molecular formula is C31H37N12O10S2+. The predicted molar refractivity (Wildman–Crippen MR) is 190 cm³/mol. The van der Waals surface area contributed by atoms with E-state index in [2.05, 4.69) is 41.4 Å². The number of nitrogens with one attached hydrogen (secondary N) is 3. The van der Waals surface area contributed by atoms with E-state index < -0.39 is 68.8 Å². The minimum Gasteiger partial charge on any atom is -0.614 e. The number of aliphatic carboxylic acids is 1. The molecule has 3 aromatic rings. The largest absolute Gasteiger partial charge is 0.614 e. The van der Waals surface area contributed by atoms with E-state index >= 15 is 0 Å². The van der Waals surface area contributed by atoms with Crippen LogP contribution in [-0.2, 0) is 30.4 Å². The highest BCUT2D eigenvalue weighted by Gasteiger charge is 2.61. The molecule has 4 fully saturated rings. The van der Waals surface area contributed by atoms with Gasteiger partial charge in [0.1, 0.15) is 29.4 Å². The maximum atomic E-state index is 13.9. The molecule has 8 rings (SSSR count). The number of amides is 3. The van der Waals surface area contributed by atoms with Crippen molar-refractivity contribution in [3.8, 4) is 5.75 Å². The lowest BCUT2D eigenvalue weighted by molar-refractivity contribution is -0.941. The van der Waals surface area contributed by atoms with Gasteiger partial charge in [0.05, 0.1) is 31.4 Å². The summed E-state index contributed by atoms with van der Waals surface area (Å²) in [5.74, 6) is -3.92. The van der Waals surface area contributed by atoms with Crippen molar-refractivity contribution in [1.82, 2.24) is 45.9 Å². The molecule has 0 radical (unpaired) electrons. The number of hydrogen-bond donors (Lipinski definition) is 7. The van der Waals surface area contributed by atoms with Gasteiger partial charge in [-0.3, -0.25) is 24.1 Å².